The van der Waals surface area contributed by atoms with Crippen molar-refractivity contribution >= 4 is 5.91 Å². The Morgan fingerprint density at radius 1 is 1.17 bits per heavy atom. The van der Waals surface area contributed by atoms with Crippen LogP contribution in [0.1, 0.15) is 24.2 Å². The fourth-order valence-electron chi connectivity index (χ4n) is 2.08. The number of rotatable bonds is 6. The molecule has 2 aromatic rings. The Morgan fingerprint density at radius 3 is 2.42 bits per heavy atom. The number of hydrogen-bond donors (Lipinski definition) is 1. The quantitative estimate of drug-likeness (QED) is 0.880. The van der Waals surface area contributed by atoms with Gasteiger partial charge < -0.3 is 10.1 Å². The summed E-state index contributed by atoms with van der Waals surface area (Å²) >= 11 is 0. The van der Waals surface area contributed by atoms with Gasteiger partial charge in [-0.15, -0.1) is 0 Å². The zero-order chi connectivity index (χ0) is 17.6. The molecule has 0 spiro atoms. The largest absolute Gasteiger partial charge is 0.411 e. The maximum Gasteiger partial charge on any atom is 0.411 e. The number of nitrogens with one attached hydrogen (secondary N) is 1. The maximum atomic E-state index is 12.2. The van der Waals surface area contributed by atoms with Crippen LogP contribution in [-0.2, 0) is 9.53 Å². The molecule has 1 amide bonds. The fourth-order valence-corrected chi connectivity index (χ4v) is 2.08. The fraction of sp³-hybridized carbons (Fsp3) is 0.294. The van der Waals surface area contributed by atoms with Gasteiger partial charge in [0.25, 0.3) is 0 Å². The number of alkyl halides is 3. The SMILES string of the molecule is C[C@H](OCC(F)(F)F)C(=O)N[C@H](c1ccccc1)c1ccccn1. The normalized spacial score (nSPS) is 14.0. The molecule has 0 bridgehead atoms. The second-order valence-electron chi connectivity index (χ2n) is 5.18. The molecule has 1 aromatic heterocycles. The molecule has 1 heterocycles. The first kappa shape index (κ1) is 17.9. The highest BCUT2D eigenvalue weighted by molar-refractivity contribution is 5.81. The third-order valence-electron chi connectivity index (χ3n) is 3.27. The molecule has 2 rings (SSSR count). The lowest BCUT2D eigenvalue weighted by Gasteiger charge is -2.21. The van der Waals surface area contributed by atoms with E-state index in [9.17, 15) is 18.0 Å². The molecule has 0 unspecified atom stereocenters. The van der Waals surface area contributed by atoms with Crippen molar-refractivity contribution in [3.8, 4) is 0 Å². The lowest BCUT2D eigenvalue weighted by Crippen LogP contribution is -2.39. The molecule has 0 fully saturated rings. The molecule has 0 saturated heterocycles. The van der Waals surface area contributed by atoms with Gasteiger partial charge in [-0.2, -0.15) is 13.2 Å². The molecule has 7 heteroatoms. The van der Waals surface area contributed by atoms with E-state index in [-0.39, 0.29) is 0 Å². The summed E-state index contributed by atoms with van der Waals surface area (Å²) in [5, 5.41) is 2.69. The van der Waals surface area contributed by atoms with Gasteiger partial charge in [-0.25, -0.2) is 0 Å². The zero-order valence-electron chi connectivity index (χ0n) is 13.0. The number of benzene rings is 1. The summed E-state index contributed by atoms with van der Waals surface area (Å²) in [5.41, 5.74) is 1.35. The van der Waals surface area contributed by atoms with E-state index < -0.39 is 30.8 Å². The number of aromatic nitrogens is 1. The molecule has 0 aliphatic rings. The van der Waals surface area contributed by atoms with Crippen LogP contribution in [0.2, 0.25) is 0 Å². The van der Waals surface area contributed by atoms with Gasteiger partial charge in [0.1, 0.15) is 12.7 Å². The first-order valence-corrected chi connectivity index (χ1v) is 7.31. The lowest BCUT2D eigenvalue weighted by molar-refractivity contribution is -0.185. The molecule has 24 heavy (non-hydrogen) atoms. The number of carbonyl (C=O) groups excluding carboxylic acids is 1. The molecular weight excluding hydrogens is 321 g/mol. The average molecular weight is 338 g/mol. The van der Waals surface area contributed by atoms with Crippen LogP contribution in [0.5, 0.6) is 0 Å². The van der Waals surface area contributed by atoms with E-state index >= 15 is 0 Å². The molecule has 0 radical (unpaired) electrons. The summed E-state index contributed by atoms with van der Waals surface area (Å²) in [6, 6.07) is 13.7. The van der Waals surface area contributed by atoms with Crippen LogP contribution >= 0.6 is 0 Å². The first-order valence-electron chi connectivity index (χ1n) is 7.31. The highest BCUT2D eigenvalue weighted by atomic mass is 19.4. The first-order chi connectivity index (χ1) is 11.4. The van der Waals surface area contributed by atoms with E-state index in [0.29, 0.717) is 5.69 Å². The van der Waals surface area contributed by atoms with Crippen LogP contribution < -0.4 is 5.32 Å². The number of pyridine rings is 1. The van der Waals surface area contributed by atoms with Crippen LogP contribution in [0, 0.1) is 0 Å². The Balaban J connectivity index is 2.13. The van der Waals surface area contributed by atoms with Gasteiger partial charge in [-0.3, -0.25) is 9.78 Å². The summed E-state index contributed by atoms with van der Waals surface area (Å²) in [7, 11) is 0. The van der Waals surface area contributed by atoms with E-state index in [1.54, 1.807) is 48.7 Å². The number of nitrogens with zero attached hydrogens (tertiary/aromatic N) is 1. The summed E-state index contributed by atoms with van der Waals surface area (Å²) in [5.74, 6) is -0.640. The second-order valence-corrected chi connectivity index (χ2v) is 5.18. The predicted molar refractivity (Wildman–Crippen MR) is 82.1 cm³/mol. The Kier molecular flexibility index (Phi) is 5.92. The number of halogens is 3. The van der Waals surface area contributed by atoms with Gasteiger partial charge in [0.05, 0.1) is 11.7 Å². The average Bonchev–Trinajstić information content (AvgIpc) is 2.58. The van der Waals surface area contributed by atoms with Gasteiger partial charge in [0.15, 0.2) is 0 Å². The highest BCUT2D eigenvalue weighted by Crippen LogP contribution is 2.21. The molecular formula is C17H17F3N2O2. The summed E-state index contributed by atoms with van der Waals surface area (Å²) in [6.45, 7) is -0.192. The topological polar surface area (TPSA) is 51.2 Å². The van der Waals surface area contributed by atoms with Crippen molar-refractivity contribution in [2.45, 2.75) is 25.2 Å². The molecule has 1 aromatic carbocycles. The minimum Gasteiger partial charge on any atom is -0.359 e. The maximum absolute atomic E-state index is 12.2. The van der Waals surface area contributed by atoms with Crippen LogP contribution in [0.15, 0.2) is 54.7 Å². The number of carbonyl (C=O) groups is 1. The summed E-state index contributed by atoms with van der Waals surface area (Å²) < 4.78 is 41.2. The van der Waals surface area contributed by atoms with Crippen LogP contribution in [-0.4, -0.2) is 29.8 Å². The van der Waals surface area contributed by atoms with Crippen molar-refractivity contribution in [1.29, 1.82) is 0 Å². The second kappa shape index (κ2) is 7.92. The smallest absolute Gasteiger partial charge is 0.359 e. The van der Waals surface area contributed by atoms with Gasteiger partial charge in [0, 0.05) is 6.20 Å². The highest BCUT2D eigenvalue weighted by Gasteiger charge is 2.30. The van der Waals surface area contributed by atoms with E-state index in [2.05, 4.69) is 15.0 Å². The van der Waals surface area contributed by atoms with Crippen LogP contribution in [0.3, 0.4) is 0 Å². The predicted octanol–water partition coefficient (Wildman–Crippen LogP) is 3.25. The number of ether oxygens (including phenoxy) is 1. The standard InChI is InChI=1S/C17H17F3N2O2/c1-12(24-11-17(18,19)20)16(23)22-15(13-7-3-2-4-8-13)14-9-5-6-10-21-14/h2-10,12,15H,11H2,1H3,(H,22,23)/t12-,15+/m0/s1. The Morgan fingerprint density at radius 2 is 1.83 bits per heavy atom. The van der Waals surface area contributed by atoms with Crippen molar-refractivity contribution in [3.63, 3.8) is 0 Å². The van der Waals surface area contributed by atoms with E-state index in [1.165, 1.54) is 6.92 Å². The minimum atomic E-state index is -4.48. The van der Waals surface area contributed by atoms with Crippen LogP contribution in [0.25, 0.3) is 0 Å². The van der Waals surface area contributed by atoms with Gasteiger partial charge >= 0.3 is 6.18 Å². The molecule has 0 saturated carbocycles. The van der Waals surface area contributed by atoms with Crippen molar-refractivity contribution in [3.05, 3.63) is 66.0 Å². The Labute approximate surface area is 137 Å². The van der Waals surface area contributed by atoms with Gasteiger partial charge in [0.2, 0.25) is 5.91 Å². The minimum absolute atomic E-state index is 0.572. The van der Waals surface area contributed by atoms with Gasteiger partial charge in [-0.1, -0.05) is 36.4 Å². The van der Waals surface area contributed by atoms with Crippen molar-refractivity contribution in [2.24, 2.45) is 0 Å². The molecule has 4 nitrogen and oxygen atoms in total. The Hall–Kier alpha value is -2.41. The van der Waals surface area contributed by atoms with E-state index in [1.807, 2.05) is 6.07 Å². The number of hydrogen-bond acceptors (Lipinski definition) is 3. The lowest BCUT2D eigenvalue weighted by atomic mass is 10.0. The van der Waals surface area contributed by atoms with Crippen LogP contribution in [0.4, 0.5) is 13.2 Å². The van der Waals surface area contributed by atoms with Gasteiger partial charge in [-0.05, 0) is 24.6 Å². The van der Waals surface area contributed by atoms with Crippen molar-refractivity contribution in [1.82, 2.24) is 10.3 Å². The third-order valence-corrected chi connectivity index (χ3v) is 3.27. The van der Waals surface area contributed by atoms with E-state index in [0.717, 1.165) is 5.56 Å². The number of amides is 1. The molecule has 0 aliphatic carbocycles. The van der Waals surface area contributed by atoms with Crippen molar-refractivity contribution in [2.75, 3.05) is 6.61 Å². The zero-order valence-corrected chi connectivity index (χ0v) is 13.0. The Bertz CT molecular complexity index is 608. The van der Waals surface area contributed by atoms with E-state index in [4.69, 9.17) is 0 Å². The monoisotopic (exact) mass is 338 g/mol. The summed E-state index contributed by atoms with van der Waals surface area (Å²) in [6.07, 6.45) is -4.13. The summed E-state index contributed by atoms with van der Waals surface area (Å²) in [4.78, 5) is 16.4. The molecule has 128 valence electrons. The van der Waals surface area contributed by atoms with Crippen molar-refractivity contribution < 1.29 is 22.7 Å². The molecule has 0 aliphatic heterocycles. The molecule has 2 atom stereocenters. The third kappa shape index (κ3) is 5.34. The molecule has 1 N–H and O–H groups in total.